The minimum atomic E-state index is -0.390. The molecule has 0 aliphatic carbocycles. The number of thiazole rings is 1. The Morgan fingerprint density at radius 2 is 2.47 bits per heavy atom. The van der Waals surface area contributed by atoms with Crippen molar-refractivity contribution in [2.75, 3.05) is 32.2 Å². The first-order chi connectivity index (χ1) is 7.29. The van der Waals surface area contributed by atoms with Gasteiger partial charge in [0.2, 0.25) is 0 Å². The number of carbonyl (C=O) groups excluding carboxylic acids is 1. The summed E-state index contributed by atoms with van der Waals surface area (Å²) in [6.45, 7) is 3.35. The zero-order valence-corrected chi connectivity index (χ0v) is 9.60. The molecule has 0 saturated heterocycles. The minimum absolute atomic E-state index is 0.345. The Balaban J connectivity index is 2.56. The SMILES string of the molecule is CCOC(=O)c1ncsc1NCCOC. The molecule has 0 aliphatic rings. The number of anilines is 1. The summed E-state index contributed by atoms with van der Waals surface area (Å²) < 4.78 is 9.76. The predicted molar refractivity (Wildman–Crippen MR) is 58.4 cm³/mol. The van der Waals surface area contributed by atoms with E-state index in [9.17, 15) is 4.79 Å². The lowest BCUT2D eigenvalue weighted by Gasteiger charge is -2.04. The first kappa shape index (κ1) is 11.9. The van der Waals surface area contributed by atoms with Gasteiger partial charge in [0.15, 0.2) is 5.69 Å². The van der Waals surface area contributed by atoms with Crippen LogP contribution < -0.4 is 5.32 Å². The number of nitrogens with zero attached hydrogens (tertiary/aromatic N) is 1. The molecular weight excluding hydrogens is 216 g/mol. The fraction of sp³-hybridized carbons (Fsp3) is 0.556. The normalized spacial score (nSPS) is 10.0. The van der Waals surface area contributed by atoms with Gasteiger partial charge in [-0.15, -0.1) is 11.3 Å². The van der Waals surface area contributed by atoms with Gasteiger partial charge in [-0.2, -0.15) is 0 Å². The molecule has 1 rings (SSSR count). The van der Waals surface area contributed by atoms with Crippen LogP contribution >= 0.6 is 11.3 Å². The molecule has 0 spiro atoms. The lowest BCUT2D eigenvalue weighted by Crippen LogP contribution is -2.12. The number of nitrogens with one attached hydrogen (secondary N) is 1. The van der Waals surface area contributed by atoms with Crippen molar-refractivity contribution in [3.05, 3.63) is 11.2 Å². The fourth-order valence-electron chi connectivity index (χ4n) is 0.983. The summed E-state index contributed by atoms with van der Waals surface area (Å²) in [5.74, 6) is -0.390. The van der Waals surface area contributed by atoms with Crippen molar-refractivity contribution >= 4 is 22.3 Å². The summed E-state index contributed by atoms with van der Waals surface area (Å²) in [6.07, 6.45) is 0. The summed E-state index contributed by atoms with van der Waals surface area (Å²) in [5.41, 5.74) is 1.96. The van der Waals surface area contributed by atoms with Crippen molar-refractivity contribution in [1.82, 2.24) is 4.98 Å². The molecule has 0 saturated carbocycles. The molecule has 5 nitrogen and oxygen atoms in total. The molecule has 1 aromatic rings. The average molecular weight is 230 g/mol. The third kappa shape index (κ3) is 3.49. The number of esters is 1. The standard InChI is InChI=1S/C9H14N2O3S/c1-3-14-9(12)7-8(15-6-11-7)10-4-5-13-2/h6,10H,3-5H2,1-2H3. The van der Waals surface area contributed by atoms with E-state index in [1.165, 1.54) is 11.3 Å². The summed E-state index contributed by atoms with van der Waals surface area (Å²) >= 11 is 1.38. The maximum absolute atomic E-state index is 11.4. The second-order valence-corrected chi connectivity index (χ2v) is 3.52. The van der Waals surface area contributed by atoms with Gasteiger partial charge in [0, 0.05) is 13.7 Å². The second kappa shape index (κ2) is 6.36. The Kier molecular flexibility index (Phi) is 5.06. The van der Waals surface area contributed by atoms with Gasteiger partial charge >= 0.3 is 5.97 Å². The van der Waals surface area contributed by atoms with Gasteiger partial charge in [0.25, 0.3) is 0 Å². The zero-order valence-electron chi connectivity index (χ0n) is 8.78. The Hall–Kier alpha value is -1.14. The molecule has 1 heterocycles. The van der Waals surface area contributed by atoms with Crippen molar-refractivity contribution in [2.24, 2.45) is 0 Å². The highest BCUT2D eigenvalue weighted by Gasteiger charge is 2.15. The van der Waals surface area contributed by atoms with Crippen molar-refractivity contribution in [3.63, 3.8) is 0 Å². The number of carbonyl (C=O) groups is 1. The first-order valence-corrected chi connectivity index (χ1v) is 5.51. The van der Waals surface area contributed by atoms with Crippen LogP contribution in [0.3, 0.4) is 0 Å². The number of hydrogen-bond donors (Lipinski definition) is 1. The summed E-state index contributed by atoms with van der Waals surface area (Å²) in [4.78, 5) is 15.4. The second-order valence-electron chi connectivity index (χ2n) is 2.67. The maximum atomic E-state index is 11.4. The zero-order chi connectivity index (χ0) is 11.1. The van der Waals surface area contributed by atoms with E-state index in [-0.39, 0.29) is 0 Å². The molecule has 0 unspecified atom stereocenters. The molecule has 1 aromatic heterocycles. The molecule has 6 heteroatoms. The van der Waals surface area contributed by atoms with Crippen molar-refractivity contribution in [2.45, 2.75) is 6.92 Å². The third-order valence-corrected chi connectivity index (χ3v) is 2.41. The summed E-state index contributed by atoms with van der Waals surface area (Å²) in [7, 11) is 1.63. The van der Waals surface area contributed by atoms with E-state index in [2.05, 4.69) is 10.3 Å². The molecule has 0 bridgehead atoms. The van der Waals surface area contributed by atoms with Gasteiger partial charge in [-0.25, -0.2) is 9.78 Å². The molecule has 1 N–H and O–H groups in total. The Labute approximate surface area is 92.4 Å². The van der Waals surface area contributed by atoms with E-state index in [4.69, 9.17) is 9.47 Å². The van der Waals surface area contributed by atoms with Crippen molar-refractivity contribution in [1.29, 1.82) is 0 Å². The number of aromatic nitrogens is 1. The fourth-order valence-corrected chi connectivity index (χ4v) is 1.68. The van der Waals surface area contributed by atoms with Crippen LogP contribution in [0.4, 0.5) is 5.00 Å². The summed E-state index contributed by atoms with van der Waals surface area (Å²) in [6, 6.07) is 0. The lowest BCUT2D eigenvalue weighted by molar-refractivity contribution is 0.0521. The lowest BCUT2D eigenvalue weighted by atomic mass is 10.4. The Bertz CT molecular complexity index is 314. The topological polar surface area (TPSA) is 60.5 Å². The highest BCUT2D eigenvalue weighted by atomic mass is 32.1. The third-order valence-electron chi connectivity index (χ3n) is 1.63. The van der Waals surface area contributed by atoms with E-state index in [1.54, 1.807) is 19.5 Å². The molecule has 15 heavy (non-hydrogen) atoms. The van der Waals surface area contributed by atoms with Crippen LogP contribution in [0, 0.1) is 0 Å². The van der Waals surface area contributed by atoms with E-state index >= 15 is 0 Å². The number of methoxy groups -OCH3 is 1. The monoisotopic (exact) mass is 230 g/mol. The quantitative estimate of drug-likeness (QED) is 0.591. The van der Waals surface area contributed by atoms with Crippen LogP contribution in [0.5, 0.6) is 0 Å². The largest absolute Gasteiger partial charge is 0.461 e. The summed E-state index contributed by atoms with van der Waals surface area (Å²) in [5, 5.41) is 3.79. The van der Waals surface area contributed by atoms with Gasteiger partial charge in [0.1, 0.15) is 5.00 Å². The molecule has 0 atom stereocenters. The van der Waals surface area contributed by atoms with E-state index in [1.807, 2.05) is 0 Å². The maximum Gasteiger partial charge on any atom is 0.360 e. The van der Waals surface area contributed by atoms with Gasteiger partial charge < -0.3 is 14.8 Å². The van der Waals surface area contributed by atoms with E-state index in [0.29, 0.717) is 25.5 Å². The molecule has 0 aromatic carbocycles. The van der Waals surface area contributed by atoms with Gasteiger partial charge in [-0.1, -0.05) is 0 Å². The van der Waals surface area contributed by atoms with Crippen LogP contribution in [-0.4, -0.2) is 37.8 Å². The van der Waals surface area contributed by atoms with Crippen LogP contribution in [-0.2, 0) is 9.47 Å². The van der Waals surface area contributed by atoms with E-state index in [0.717, 1.165) is 5.00 Å². The molecule has 0 radical (unpaired) electrons. The van der Waals surface area contributed by atoms with Crippen LogP contribution in [0.1, 0.15) is 17.4 Å². The van der Waals surface area contributed by atoms with Crippen molar-refractivity contribution in [3.8, 4) is 0 Å². The molecule has 0 fully saturated rings. The number of ether oxygens (including phenoxy) is 2. The van der Waals surface area contributed by atoms with Gasteiger partial charge in [-0.3, -0.25) is 0 Å². The van der Waals surface area contributed by atoms with Crippen LogP contribution in [0.2, 0.25) is 0 Å². The van der Waals surface area contributed by atoms with Gasteiger partial charge in [-0.05, 0) is 6.92 Å². The van der Waals surface area contributed by atoms with Crippen molar-refractivity contribution < 1.29 is 14.3 Å². The van der Waals surface area contributed by atoms with Crippen LogP contribution in [0.15, 0.2) is 5.51 Å². The molecular formula is C9H14N2O3S. The molecule has 0 aliphatic heterocycles. The highest BCUT2D eigenvalue weighted by molar-refractivity contribution is 7.14. The Morgan fingerprint density at radius 1 is 1.67 bits per heavy atom. The van der Waals surface area contributed by atoms with Crippen LogP contribution in [0.25, 0.3) is 0 Å². The Morgan fingerprint density at radius 3 is 3.13 bits per heavy atom. The molecule has 0 amide bonds. The minimum Gasteiger partial charge on any atom is -0.461 e. The smallest absolute Gasteiger partial charge is 0.360 e. The molecule has 84 valence electrons. The van der Waals surface area contributed by atoms with E-state index < -0.39 is 5.97 Å². The highest BCUT2D eigenvalue weighted by Crippen LogP contribution is 2.20. The predicted octanol–water partition coefficient (Wildman–Crippen LogP) is 1.38. The first-order valence-electron chi connectivity index (χ1n) is 4.63. The average Bonchev–Trinajstić information content (AvgIpc) is 2.67. The van der Waals surface area contributed by atoms with Gasteiger partial charge in [0.05, 0.1) is 18.7 Å². The number of rotatable bonds is 6. The number of hydrogen-bond acceptors (Lipinski definition) is 6.